The zero-order chi connectivity index (χ0) is 14.4. The molecule has 1 aliphatic rings. The lowest BCUT2D eigenvalue weighted by Gasteiger charge is -2.15. The van der Waals surface area contributed by atoms with Crippen LogP contribution in [0.3, 0.4) is 0 Å². The van der Waals surface area contributed by atoms with E-state index in [9.17, 15) is 0 Å². The van der Waals surface area contributed by atoms with Crippen LogP contribution >= 0.6 is 11.6 Å². The zero-order valence-corrected chi connectivity index (χ0v) is 12.4. The molecule has 1 heterocycles. The summed E-state index contributed by atoms with van der Waals surface area (Å²) in [5.41, 5.74) is 5.49. The van der Waals surface area contributed by atoms with Gasteiger partial charge in [-0.1, -0.05) is 17.7 Å². The van der Waals surface area contributed by atoms with Gasteiger partial charge < -0.3 is 9.73 Å². The van der Waals surface area contributed by atoms with Crippen molar-refractivity contribution in [2.24, 2.45) is 0 Å². The van der Waals surface area contributed by atoms with E-state index < -0.39 is 0 Å². The Labute approximate surface area is 127 Å². The van der Waals surface area contributed by atoms with E-state index in [0.717, 1.165) is 34.7 Å². The molecule has 1 unspecified atom stereocenters. The van der Waals surface area contributed by atoms with Crippen molar-refractivity contribution in [3.63, 3.8) is 0 Å². The molecule has 1 aliphatic carbocycles. The Balaban J connectivity index is 1.64. The minimum atomic E-state index is 0.336. The predicted molar refractivity (Wildman–Crippen MR) is 84.9 cm³/mol. The topological polar surface area (TPSA) is 38.1 Å². The van der Waals surface area contributed by atoms with E-state index in [1.807, 2.05) is 31.2 Å². The molecule has 0 saturated heterocycles. The molecule has 21 heavy (non-hydrogen) atoms. The van der Waals surface area contributed by atoms with Crippen LogP contribution in [0, 0.1) is 6.92 Å². The average Bonchev–Trinajstić information content (AvgIpc) is 3.01. The molecule has 2 aromatic carbocycles. The van der Waals surface area contributed by atoms with Gasteiger partial charge in [-0.3, -0.25) is 0 Å². The second kappa shape index (κ2) is 4.78. The molecule has 0 saturated carbocycles. The highest BCUT2D eigenvalue weighted by Crippen LogP contribution is 2.35. The van der Waals surface area contributed by atoms with Crippen molar-refractivity contribution in [2.45, 2.75) is 25.8 Å². The quantitative estimate of drug-likeness (QED) is 0.732. The number of aryl methyl sites for hydroxylation is 2. The molecule has 0 amide bonds. The van der Waals surface area contributed by atoms with E-state index in [0.29, 0.717) is 11.9 Å². The third-order valence-corrected chi connectivity index (χ3v) is 4.25. The lowest BCUT2D eigenvalue weighted by atomic mass is 10.1. The predicted octanol–water partition coefficient (Wildman–Crippen LogP) is 4.89. The largest absolute Gasteiger partial charge is 0.441 e. The van der Waals surface area contributed by atoms with Crippen molar-refractivity contribution in [1.82, 2.24) is 4.98 Å². The Bertz CT molecular complexity index is 825. The molecule has 1 atom stereocenters. The van der Waals surface area contributed by atoms with Crippen molar-refractivity contribution in [3.05, 3.63) is 58.4 Å². The van der Waals surface area contributed by atoms with Crippen molar-refractivity contribution in [2.75, 3.05) is 5.32 Å². The molecule has 1 N–H and O–H groups in total. The first-order chi connectivity index (χ1) is 10.2. The normalized spacial score (nSPS) is 17.1. The average molecular weight is 299 g/mol. The number of aromatic nitrogens is 1. The lowest BCUT2D eigenvalue weighted by molar-refractivity contribution is 0.561. The third kappa shape index (κ3) is 2.28. The Morgan fingerprint density at radius 1 is 1.24 bits per heavy atom. The Morgan fingerprint density at radius 3 is 3.05 bits per heavy atom. The van der Waals surface area contributed by atoms with Gasteiger partial charge in [-0.05, 0) is 54.3 Å². The molecule has 4 heteroatoms. The molecule has 106 valence electrons. The number of oxazole rings is 1. The Hall–Kier alpha value is -2.00. The van der Waals surface area contributed by atoms with Crippen LogP contribution in [0.1, 0.15) is 29.5 Å². The van der Waals surface area contributed by atoms with Gasteiger partial charge in [-0.25, -0.2) is 4.98 Å². The summed E-state index contributed by atoms with van der Waals surface area (Å²) in [7, 11) is 0. The SMILES string of the molecule is Cc1nc2cc(NC3CCc4cc(Cl)ccc43)ccc2o1. The first-order valence-electron chi connectivity index (χ1n) is 7.11. The number of anilines is 1. The molecule has 0 bridgehead atoms. The molecule has 0 spiro atoms. The van der Waals surface area contributed by atoms with E-state index in [-0.39, 0.29) is 0 Å². The summed E-state index contributed by atoms with van der Waals surface area (Å²) in [6.45, 7) is 1.87. The van der Waals surface area contributed by atoms with Gasteiger partial charge in [0, 0.05) is 17.6 Å². The van der Waals surface area contributed by atoms with E-state index in [2.05, 4.69) is 22.4 Å². The molecule has 3 nitrogen and oxygen atoms in total. The molecular formula is C17H15ClN2O. The molecule has 0 fully saturated rings. The second-order valence-corrected chi connectivity index (χ2v) is 5.93. The fourth-order valence-corrected chi connectivity index (χ4v) is 3.26. The number of hydrogen-bond acceptors (Lipinski definition) is 3. The van der Waals surface area contributed by atoms with Gasteiger partial charge in [0.15, 0.2) is 11.5 Å². The van der Waals surface area contributed by atoms with Gasteiger partial charge >= 0.3 is 0 Å². The van der Waals surface area contributed by atoms with Crippen LogP contribution in [0.2, 0.25) is 5.02 Å². The van der Waals surface area contributed by atoms with E-state index >= 15 is 0 Å². The highest BCUT2D eigenvalue weighted by atomic mass is 35.5. The van der Waals surface area contributed by atoms with E-state index in [1.54, 1.807) is 0 Å². The maximum absolute atomic E-state index is 6.06. The number of hydrogen-bond donors (Lipinski definition) is 1. The van der Waals surface area contributed by atoms with Gasteiger partial charge in [-0.2, -0.15) is 0 Å². The van der Waals surface area contributed by atoms with Crippen LogP contribution in [-0.4, -0.2) is 4.98 Å². The van der Waals surface area contributed by atoms with Gasteiger partial charge in [-0.15, -0.1) is 0 Å². The van der Waals surface area contributed by atoms with Crippen molar-refractivity contribution in [1.29, 1.82) is 0 Å². The summed E-state index contributed by atoms with van der Waals surface area (Å²) >= 11 is 6.06. The molecule has 3 aromatic rings. The monoisotopic (exact) mass is 298 g/mol. The van der Waals surface area contributed by atoms with E-state index in [1.165, 1.54) is 11.1 Å². The molecule has 1 aromatic heterocycles. The zero-order valence-electron chi connectivity index (χ0n) is 11.7. The van der Waals surface area contributed by atoms with Crippen LogP contribution < -0.4 is 5.32 Å². The van der Waals surface area contributed by atoms with Crippen molar-refractivity contribution < 1.29 is 4.42 Å². The number of rotatable bonds is 2. The summed E-state index contributed by atoms with van der Waals surface area (Å²) in [5, 5.41) is 4.41. The second-order valence-electron chi connectivity index (χ2n) is 5.49. The maximum Gasteiger partial charge on any atom is 0.192 e. The minimum absolute atomic E-state index is 0.336. The van der Waals surface area contributed by atoms with Crippen molar-refractivity contribution >= 4 is 28.4 Å². The molecule has 0 aliphatic heterocycles. The van der Waals surface area contributed by atoms with Gasteiger partial charge in [0.25, 0.3) is 0 Å². The standard InChI is InChI=1S/C17H15ClN2O/c1-10-19-16-9-13(4-7-17(16)21-10)20-15-6-2-11-8-12(18)3-5-14(11)15/h3-5,7-9,15,20H,2,6H2,1H3. The van der Waals surface area contributed by atoms with E-state index in [4.69, 9.17) is 16.0 Å². The minimum Gasteiger partial charge on any atom is -0.441 e. The fourth-order valence-electron chi connectivity index (χ4n) is 3.07. The molecule has 0 radical (unpaired) electrons. The van der Waals surface area contributed by atoms with Crippen LogP contribution in [0.15, 0.2) is 40.8 Å². The third-order valence-electron chi connectivity index (χ3n) is 4.02. The number of nitrogens with zero attached hydrogens (tertiary/aromatic N) is 1. The fraction of sp³-hybridized carbons (Fsp3) is 0.235. The molecular weight excluding hydrogens is 284 g/mol. The Morgan fingerprint density at radius 2 is 2.14 bits per heavy atom. The van der Waals surface area contributed by atoms with Gasteiger partial charge in [0.2, 0.25) is 0 Å². The molecule has 4 rings (SSSR count). The first kappa shape index (κ1) is 12.7. The highest BCUT2D eigenvalue weighted by molar-refractivity contribution is 6.30. The van der Waals surface area contributed by atoms with Crippen LogP contribution in [0.25, 0.3) is 11.1 Å². The summed E-state index contributed by atoms with van der Waals surface area (Å²) < 4.78 is 5.51. The summed E-state index contributed by atoms with van der Waals surface area (Å²) in [5.74, 6) is 0.697. The van der Waals surface area contributed by atoms with Crippen LogP contribution in [0.4, 0.5) is 5.69 Å². The summed E-state index contributed by atoms with van der Waals surface area (Å²) in [6, 6.07) is 12.5. The van der Waals surface area contributed by atoms with Crippen molar-refractivity contribution in [3.8, 4) is 0 Å². The first-order valence-corrected chi connectivity index (χ1v) is 7.49. The number of fused-ring (bicyclic) bond motifs is 2. The van der Waals surface area contributed by atoms with Crippen LogP contribution in [-0.2, 0) is 6.42 Å². The number of halogens is 1. The highest BCUT2D eigenvalue weighted by Gasteiger charge is 2.22. The number of benzene rings is 2. The van der Waals surface area contributed by atoms with Gasteiger partial charge in [0.1, 0.15) is 5.52 Å². The maximum atomic E-state index is 6.06. The summed E-state index contributed by atoms with van der Waals surface area (Å²) in [4.78, 5) is 4.38. The van der Waals surface area contributed by atoms with Crippen LogP contribution in [0.5, 0.6) is 0 Å². The summed E-state index contributed by atoms with van der Waals surface area (Å²) in [6.07, 6.45) is 2.16. The Kier molecular flexibility index (Phi) is 2.89. The smallest absolute Gasteiger partial charge is 0.192 e. The lowest BCUT2D eigenvalue weighted by Crippen LogP contribution is -2.06. The number of nitrogens with one attached hydrogen (secondary N) is 1. The van der Waals surface area contributed by atoms with Gasteiger partial charge in [0.05, 0.1) is 6.04 Å².